The van der Waals surface area contributed by atoms with Crippen LogP contribution < -0.4 is 10.1 Å². The Morgan fingerprint density at radius 1 is 1.19 bits per heavy atom. The molecule has 37 heavy (non-hydrogen) atoms. The van der Waals surface area contributed by atoms with Crippen LogP contribution in [0.4, 0.5) is 0 Å². The van der Waals surface area contributed by atoms with Crippen molar-refractivity contribution >= 4 is 45.4 Å². The second-order valence-corrected chi connectivity index (χ2v) is 10.5. The Kier molecular flexibility index (Phi) is 8.67. The van der Waals surface area contributed by atoms with Gasteiger partial charge in [0.1, 0.15) is 16.5 Å². The summed E-state index contributed by atoms with van der Waals surface area (Å²) in [5.74, 6) is 0.936. The van der Waals surface area contributed by atoms with Crippen LogP contribution in [0.2, 0.25) is 0 Å². The van der Waals surface area contributed by atoms with Crippen molar-refractivity contribution in [1.82, 2.24) is 19.0 Å². The summed E-state index contributed by atoms with van der Waals surface area (Å²) in [6.45, 7) is 5.23. The molecule has 1 saturated heterocycles. The molecule has 3 aromatic rings. The average molecular weight is 537 g/mol. The van der Waals surface area contributed by atoms with Crippen molar-refractivity contribution in [2.24, 2.45) is 5.92 Å². The molecule has 1 aromatic heterocycles. The molecule has 0 spiro atoms. The third kappa shape index (κ3) is 7.01. The largest absolute Gasteiger partial charge is 0.457 e. The van der Waals surface area contributed by atoms with E-state index < -0.39 is 0 Å². The van der Waals surface area contributed by atoms with E-state index in [4.69, 9.17) is 15.6 Å². The van der Waals surface area contributed by atoms with Gasteiger partial charge in [0.05, 0.1) is 35.2 Å². The molecular formula is C26H28N6O3S2. The second kappa shape index (κ2) is 12.1. The summed E-state index contributed by atoms with van der Waals surface area (Å²) in [5, 5.41) is 19.9. The van der Waals surface area contributed by atoms with Crippen LogP contribution in [0, 0.1) is 16.7 Å². The number of hydrogen-bond donors (Lipinski definition) is 3. The van der Waals surface area contributed by atoms with Gasteiger partial charge in [-0.3, -0.25) is 20.4 Å². The molecule has 192 valence electrons. The quantitative estimate of drug-likeness (QED) is 0.258. The number of thioether (sulfide) groups is 1. The summed E-state index contributed by atoms with van der Waals surface area (Å²) in [5.41, 5.74) is 2.60. The Hall–Kier alpha value is -3.57. The minimum atomic E-state index is -0.268. The highest BCUT2D eigenvalue weighted by Gasteiger charge is 2.22. The zero-order valence-electron chi connectivity index (χ0n) is 20.6. The highest BCUT2D eigenvalue weighted by molar-refractivity contribution is 8.26. The first kappa shape index (κ1) is 26.5. The minimum absolute atomic E-state index is 0.0662. The SMILES string of the molecule is CC(C)C(=N)SC(=N)c1ccc(Oc2cc(C(=O)NCc3cnsn3)ccc2CN2CCCC2=O)cc1. The summed E-state index contributed by atoms with van der Waals surface area (Å²) < 4.78 is 14.2. The summed E-state index contributed by atoms with van der Waals surface area (Å²) >= 11 is 2.22. The zero-order valence-corrected chi connectivity index (χ0v) is 22.2. The molecule has 0 radical (unpaired) electrons. The van der Waals surface area contributed by atoms with Crippen molar-refractivity contribution in [3.63, 3.8) is 0 Å². The molecule has 2 aromatic carbocycles. The van der Waals surface area contributed by atoms with Crippen molar-refractivity contribution in [3.05, 3.63) is 71.0 Å². The highest BCUT2D eigenvalue weighted by atomic mass is 32.2. The Labute approximate surface area is 224 Å². The molecule has 0 atom stereocenters. The fourth-order valence-corrected chi connectivity index (χ4v) is 4.76. The molecule has 0 aliphatic carbocycles. The number of ether oxygens (including phenoxy) is 1. The molecule has 11 heteroatoms. The van der Waals surface area contributed by atoms with Gasteiger partial charge >= 0.3 is 0 Å². The summed E-state index contributed by atoms with van der Waals surface area (Å²) in [7, 11) is 0. The summed E-state index contributed by atoms with van der Waals surface area (Å²) in [6, 6.07) is 12.3. The Morgan fingerprint density at radius 3 is 2.59 bits per heavy atom. The van der Waals surface area contributed by atoms with Gasteiger partial charge in [0, 0.05) is 42.1 Å². The van der Waals surface area contributed by atoms with Crippen LogP contribution in [0.1, 0.15) is 53.9 Å². The van der Waals surface area contributed by atoms with E-state index in [-0.39, 0.29) is 24.3 Å². The van der Waals surface area contributed by atoms with Gasteiger partial charge < -0.3 is 15.0 Å². The lowest BCUT2D eigenvalue weighted by Gasteiger charge is -2.19. The third-order valence-electron chi connectivity index (χ3n) is 5.78. The topological polar surface area (TPSA) is 132 Å². The molecule has 9 nitrogen and oxygen atoms in total. The van der Waals surface area contributed by atoms with E-state index in [1.165, 1.54) is 0 Å². The smallest absolute Gasteiger partial charge is 0.251 e. The normalized spacial score (nSPS) is 13.2. The van der Waals surface area contributed by atoms with Gasteiger partial charge in [0.25, 0.3) is 5.91 Å². The number of aromatic nitrogens is 2. The second-order valence-electron chi connectivity index (χ2n) is 8.90. The number of carbonyl (C=O) groups is 2. The molecule has 0 saturated carbocycles. The van der Waals surface area contributed by atoms with Gasteiger partial charge in [0.2, 0.25) is 5.91 Å². The standard InChI is InChI=1S/C26H28N6O3S2/c1-16(2)24(27)36-25(28)17-7-9-21(10-8-17)35-22-12-18(26(34)29-13-20-14-30-37-31-20)5-6-19(22)15-32-11-3-4-23(32)33/h5-10,12,14,16,27-28H,3-4,11,13,15H2,1-2H3,(H,29,34). The minimum Gasteiger partial charge on any atom is -0.457 e. The molecule has 3 N–H and O–H groups in total. The fraction of sp³-hybridized carbons (Fsp3) is 0.308. The van der Waals surface area contributed by atoms with Crippen molar-refractivity contribution in [1.29, 1.82) is 10.8 Å². The molecule has 1 fully saturated rings. The van der Waals surface area contributed by atoms with Crippen LogP contribution in [0.25, 0.3) is 0 Å². The molecule has 1 aliphatic heterocycles. The van der Waals surface area contributed by atoms with Gasteiger partial charge in [-0.15, -0.1) is 0 Å². The van der Waals surface area contributed by atoms with Crippen LogP contribution in [-0.4, -0.2) is 42.1 Å². The van der Waals surface area contributed by atoms with E-state index in [0.29, 0.717) is 57.9 Å². The number of hydrogen-bond acceptors (Lipinski definition) is 9. The number of amides is 2. The van der Waals surface area contributed by atoms with Gasteiger partial charge in [-0.2, -0.15) is 8.75 Å². The van der Waals surface area contributed by atoms with Crippen LogP contribution >= 0.6 is 23.5 Å². The van der Waals surface area contributed by atoms with E-state index in [0.717, 1.165) is 35.5 Å². The molecule has 0 bridgehead atoms. The number of likely N-dealkylation sites (tertiary alicyclic amines) is 1. The van der Waals surface area contributed by atoms with Gasteiger partial charge in [-0.05, 0) is 42.8 Å². The molecular weight excluding hydrogens is 508 g/mol. The number of nitrogens with one attached hydrogen (secondary N) is 3. The number of rotatable bonds is 9. The molecule has 4 rings (SSSR count). The van der Waals surface area contributed by atoms with Crippen molar-refractivity contribution in [2.45, 2.75) is 39.8 Å². The van der Waals surface area contributed by atoms with Gasteiger partial charge in [-0.25, -0.2) is 0 Å². The lowest BCUT2D eigenvalue weighted by Crippen LogP contribution is -2.25. The first-order valence-corrected chi connectivity index (χ1v) is 13.4. The van der Waals surface area contributed by atoms with Gasteiger partial charge in [0.15, 0.2) is 0 Å². The van der Waals surface area contributed by atoms with Crippen molar-refractivity contribution in [3.8, 4) is 11.5 Å². The number of carbonyl (C=O) groups excluding carboxylic acids is 2. The van der Waals surface area contributed by atoms with E-state index in [9.17, 15) is 9.59 Å². The Bertz CT molecular complexity index is 1290. The maximum atomic E-state index is 12.8. The molecule has 2 heterocycles. The van der Waals surface area contributed by atoms with Gasteiger partial charge in [-0.1, -0.05) is 31.7 Å². The van der Waals surface area contributed by atoms with Crippen LogP contribution in [0.3, 0.4) is 0 Å². The average Bonchev–Trinajstić information content (AvgIpc) is 3.55. The first-order chi connectivity index (χ1) is 17.8. The monoisotopic (exact) mass is 536 g/mol. The van der Waals surface area contributed by atoms with Crippen LogP contribution in [0.5, 0.6) is 11.5 Å². The zero-order chi connectivity index (χ0) is 26.4. The number of nitrogens with zero attached hydrogens (tertiary/aromatic N) is 3. The Morgan fingerprint density at radius 2 is 1.95 bits per heavy atom. The van der Waals surface area contributed by atoms with E-state index in [2.05, 4.69) is 14.1 Å². The third-order valence-corrected chi connectivity index (χ3v) is 7.43. The first-order valence-electron chi connectivity index (χ1n) is 11.9. The predicted molar refractivity (Wildman–Crippen MR) is 146 cm³/mol. The highest BCUT2D eigenvalue weighted by Crippen LogP contribution is 2.30. The Balaban J connectivity index is 1.52. The maximum absolute atomic E-state index is 12.8. The van der Waals surface area contributed by atoms with E-state index in [1.807, 2.05) is 19.9 Å². The summed E-state index contributed by atoms with van der Waals surface area (Å²) in [4.78, 5) is 26.8. The predicted octanol–water partition coefficient (Wildman–Crippen LogP) is 5.07. The lowest BCUT2D eigenvalue weighted by atomic mass is 10.1. The van der Waals surface area contributed by atoms with Crippen molar-refractivity contribution < 1.29 is 14.3 Å². The van der Waals surface area contributed by atoms with Crippen LogP contribution in [-0.2, 0) is 17.9 Å². The fourth-order valence-electron chi connectivity index (χ4n) is 3.62. The number of benzene rings is 2. The summed E-state index contributed by atoms with van der Waals surface area (Å²) in [6.07, 6.45) is 2.99. The van der Waals surface area contributed by atoms with E-state index >= 15 is 0 Å². The maximum Gasteiger partial charge on any atom is 0.251 e. The lowest BCUT2D eigenvalue weighted by molar-refractivity contribution is -0.128. The van der Waals surface area contributed by atoms with E-state index in [1.54, 1.807) is 47.5 Å². The molecule has 2 amide bonds. The van der Waals surface area contributed by atoms with Crippen molar-refractivity contribution in [2.75, 3.05) is 6.54 Å². The molecule has 0 unspecified atom stereocenters. The van der Waals surface area contributed by atoms with Crippen LogP contribution in [0.15, 0.2) is 48.7 Å². The molecule has 1 aliphatic rings.